The Morgan fingerprint density at radius 2 is 2.11 bits per heavy atom. The summed E-state index contributed by atoms with van der Waals surface area (Å²) in [6.45, 7) is 0. The van der Waals surface area contributed by atoms with Crippen LogP contribution in [0.25, 0.3) is 11.3 Å². The Morgan fingerprint density at radius 3 is 2.78 bits per heavy atom. The number of carboxylic acids is 1. The number of hydrogen-bond acceptors (Lipinski definition) is 3. The van der Waals surface area contributed by atoms with Gasteiger partial charge in [-0.15, -0.1) is 0 Å². The summed E-state index contributed by atoms with van der Waals surface area (Å²) in [5.41, 5.74) is 1.41. The molecule has 0 aliphatic rings. The predicted molar refractivity (Wildman–Crippen MR) is 68.2 cm³/mol. The highest BCUT2D eigenvalue weighted by atomic mass is 35.5. The molecule has 0 atom stereocenters. The highest BCUT2D eigenvalue weighted by Gasteiger charge is 2.10. The Kier molecular flexibility index (Phi) is 3.48. The number of aromatic nitrogens is 1. The van der Waals surface area contributed by atoms with Crippen LogP contribution in [0.15, 0.2) is 36.5 Å². The number of hydrogen-bond donors (Lipinski definition) is 1. The van der Waals surface area contributed by atoms with Crippen LogP contribution in [-0.4, -0.2) is 23.2 Å². The second-order valence-electron chi connectivity index (χ2n) is 3.58. The van der Waals surface area contributed by atoms with Crippen LogP contribution in [0.3, 0.4) is 0 Å². The van der Waals surface area contributed by atoms with Crippen molar-refractivity contribution in [1.82, 2.24) is 4.98 Å². The first-order valence-electron chi connectivity index (χ1n) is 5.15. The van der Waals surface area contributed by atoms with E-state index in [2.05, 4.69) is 4.98 Å². The van der Waals surface area contributed by atoms with Gasteiger partial charge in [0.15, 0.2) is 0 Å². The Labute approximate surface area is 109 Å². The van der Waals surface area contributed by atoms with E-state index in [9.17, 15) is 4.79 Å². The average Bonchev–Trinajstić information content (AvgIpc) is 2.38. The maximum absolute atomic E-state index is 10.9. The van der Waals surface area contributed by atoms with Gasteiger partial charge in [-0.25, -0.2) is 4.79 Å². The molecule has 1 aromatic heterocycles. The second kappa shape index (κ2) is 5.06. The van der Waals surface area contributed by atoms with Crippen LogP contribution in [-0.2, 0) is 0 Å². The number of rotatable bonds is 3. The molecule has 92 valence electrons. The van der Waals surface area contributed by atoms with E-state index in [1.54, 1.807) is 18.2 Å². The van der Waals surface area contributed by atoms with Gasteiger partial charge in [0.05, 0.1) is 18.4 Å². The number of pyridine rings is 1. The number of methoxy groups -OCH3 is 1. The van der Waals surface area contributed by atoms with E-state index in [-0.39, 0.29) is 5.56 Å². The van der Waals surface area contributed by atoms with Gasteiger partial charge in [0.25, 0.3) is 0 Å². The van der Waals surface area contributed by atoms with Crippen LogP contribution in [0, 0.1) is 0 Å². The van der Waals surface area contributed by atoms with E-state index in [0.29, 0.717) is 22.0 Å². The summed E-state index contributed by atoms with van der Waals surface area (Å²) in [5, 5.41) is 9.49. The van der Waals surface area contributed by atoms with Gasteiger partial charge in [0.2, 0.25) is 0 Å². The molecule has 2 rings (SSSR count). The molecule has 1 N–H and O–H groups in total. The molecule has 1 heterocycles. The van der Waals surface area contributed by atoms with Crippen molar-refractivity contribution in [2.24, 2.45) is 0 Å². The maximum Gasteiger partial charge on any atom is 0.335 e. The third-order valence-corrected chi connectivity index (χ3v) is 2.68. The fourth-order valence-electron chi connectivity index (χ4n) is 1.59. The topological polar surface area (TPSA) is 59.4 Å². The first-order valence-corrected chi connectivity index (χ1v) is 5.53. The molecule has 0 aliphatic heterocycles. The number of halogens is 1. The molecule has 0 amide bonds. The van der Waals surface area contributed by atoms with E-state index < -0.39 is 5.97 Å². The molecule has 0 unspecified atom stereocenters. The quantitative estimate of drug-likeness (QED) is 0.924. The van der Waals surface area contributed by atoms with Gasteiger partial charge in [-0.3, -0.25) is 4.98 Å². The van der Waals surface area contributed by atoms with Gasteiger partial charge in [-0.2, -0.15) is 0 Å². The Morgan fingerprint density at radius 1 is 1.33 bits per heavy atom. The van der Waals surface area contributed by atoms with E-state index in [1.165, 1.54) is 25.4 Å². The second-order valence-corrected chi connectivity index (χ2v) is 4.02. The number of carboxylic acid groups (broad SMARTS) is 1. The van der Waals surface area contributed by atoms with Crippen molar-refractivity contribution in [3.63, 3.8) is 0 Å². The number of benzene rings is 1. The highest BCUT2D eigenvalue weighted by Crippen LogP contribution is 2.31. The Bertz CT molecular complexity index is 599. The maximum atomic E-state index is 10.9. The van der Waals surface area contributed by atoms with Gasteiger partial charge in [-0.1, -0.05) is 11.6 Å². The van der Waals surface area contributed by atoms with Gasteiger partial charge in [-0.05, 0) is 30.3 Å². The fourth-order valence-corrected chi connectivity index (χ4v) is 1.75. The molecule has 0 radical (unpaired) electrons. The van der Waals surface area contributed by atoms with Gasteiger partial charge in [0, 0.05) is 16.8 Å². The number of aromatic carboxylic acids is 1. The number of carbonyl (C=O) groups is 1. The Hall–Kier alpha value is -2.07. The smallest absolute Gasteiger partial charge is 0.335 e. The van der Waals surface area contributed by atoms with Crippen molar-refractivity contribution in [3.05, 3.63) is 47.1 Å². The fraction of sp³-hybridized carbons (Fsp3) is 0.0769. The average molecular weight is 264 g/mol. The zero-order valence-electron chi connectivity index (χ0n) is 9.55. The summed E-state index contributed by atoms with van der Waals surface area (Å²) in [6, 6.07) is 8.04. The number of nitrogens with zero attached hydrogens (tertiary/aromatic N) is 1. The molecule has 0 aliphatic carbocycles. The van der Waals surface area contributed by atoms with Crippen molar-refractivity contribution in [1.29, 1.82) is 0 Å². The standard InChI is InChI=1S/C13H10ClNO3/c1-18-12-7-9(14)2-3-10(12)11-6-8(13(16)17)4-5-15-11/h2-7H,1H3,(H,16,17). The molecule has 2 aromatic rings. The zero-order chi connectivity index (χ0) is 13.1. The summed E-state index contributed by atoms with van der Waals surface area (Å²) >= 11 is 5.87. The molecule has 18 heavy (non-hydrogen) atoms. The molecular weight excluding hydrogens is 254 g/mol. The van der Waals surface area contributed by atoms with Crippen molar-refractivity contribution in [2.75, 3.05) is 7.11 Å². The van der Waals surface area contributed by atoms with E-state index in [0.717, 1.165) is 0 Å². The van der Waals surface area contributed by atoms with Crippen LogP contribution < -0.4 is 4.74 Å². The van der Waals surface area contributed by atoms with Gasteiger partial charge < -0.3 is 9.84 Å². The van der Waals surface area contributed by atoms with Crippen LogP contribution in [0.2, 0.25) is 5.02 Å². The van der Waals surface area contributed by atoms with Crippen molar-refractivity contribution >= 4 is 17.6 Å². The minimum atomic E-state index is -0.994. The van der Waals surface area contributed by atoms with Gasteiger partial charge in [0.1, 0.15) is 5.75 Å². The van der Waals surface area contributed by atoms with Gasteiger partial charge >= 0.3 is 5.97 Å². The minimum absolute atomic E-state index is 0.178. The SMILES string of the molecule is COc1cc(Cl)ccc1-c1cc(C(=O)O)ccn1. The van der Waals surface area contributed by atoms with Crippen molar-refractivity contribution in [2.45, 2.75) is 0 Å². The van der Waals surface area contributed by atoms with E-state index in [1.807, 2.05) is 0 Å². The molecule has 1 aromatic carbocycles. The van der Waals surface area contributed by atoms with Crippen molar-refractivity contribution < 1.29 is 14.6 Å². The molecule has 0 bridgehead atoms. The predicted octanol–water partition coefficient (Wildman–Crippen LogP) is 3.11. The summed E-state index contributed by atoms with van der Waals surface area (Å²) in [4.78, 5) is 15.1. The third kappa shape index (κ3) is 2.43. The summed E-state index contributed by atoms with van der Waals surface area (Å²) < 4.78 is 5.21. The lowest BCUT2D eigenvalue weighted by Gasteiger charge is -2.08. The third-order valence-electron chi connectivity index (χ3n) is 2.45. The van der Waals surface area contributed by atoms with E-state index >= 15 is 0 Å². The molecule has 5 heteroatoms. The lowest BCUT2D eigenvalue weighted by atomic mass is 10.1. The molecule has 4 nitrogen and oxygen atoms in total. The lowest BCUT2D eigenvalue weighted by molar-refractivity contribution is 0.0697. The molecule has 0 fully saturated rings. The van der Waals surface area contributed by atoms with Crippen LogP contribution in [0.4, 0.5) is 0 Å². The summed E-state index contributed by atoms with van der Waals surface area (Å²) in [6.07, 6.45) is 1.45. The van der Waals surface area contributed by atoms with Crippen LogP contribution in [0.1, 0.15) is 10.4 Å². The highest BCUT2D eigenvalue weighted by molar-refractivity contribution is 6.30. The summed E-state index contributed by atoms with van der Waals surface area (Å²) in [7, 11) is 1.52. The molecular formula is C13H10ClNO3. The zero-order valence-corrected chi connectivity index (χ0v) is 10.3. The largest absolute Gasteiger partial charge is 0.496 e. The van der Waals surface area contributed by atoms with E-state index in [4.69, 9.17) is 21.4 Å². The lowest BCUT2D eigenvalue weighted by Crippen LogP contribution is -1.98. The first kappa shape index (κ1) is 12.4. The van der Waals surface area contributed by atoms with Crippen LogP contribution >= 0.6 is 11.6 Å². The number of ether oxygens (including phenoxy) is 1. The Balaban J connectivity index is 2.54. The monoisotopic (exact) mass is 263 g/mol. The first-order chi connectivity index (χ1) is 8.61. The summed E-state index contributed by atoms with van der Waals surface area (Å²) in [5.74, 6) is -0.441. The normalized spacial score (nSPS) is 10.1. The minimum Gasteiger partial charge on any atom is -0.496 e. The molecule has 0 spiro atoms. The van der Waals surface area contributed by atoms with Crippen LogP contribution in [0.5, 0.6) is 5.75 Å². The molecule has 0 saturated carbocycles. The molecule has 0 saturated heterocycles. The van der Waals surface area contributed by atoms with Crippen molar-refractivity contribution in [3.8, 4) is 17.0 Å².